The molecule has 0 unspecified atom stereocenters. The average molecular weight is 1040 g/mol. The number of carbonyl (C=O) groups is 1. The number of nitrogens with one attached hydrogen (secondary N) is 1. The van der Waals surface area contributed by atoms with Gasteiger partial charge in [-0.1, -0.05) is 89.4 Å². The van der Waals surface area contributed by atoms with Crippen molar-refractivity contribution >= 4 is 71.8 Å². The van der Waals surface area contributed by atoms with Crippen molar-refractivity contribution in [3.05, 3.63) is 126 Å². The number of hydrogen-bond acceptors (Lipinski definition) is 13. The Kier molecular flexibility index (Phi) is 13.9. The second-order valence-corrected chi connectivity index (χ2v) is 23.5. The highest BCUT2D eigenvalue weighted by molar-refractivity contribution is 7.94. The smallest absolute Gasteiger partial charge is 0.410 e. The number of carbonyl (C=O) groups excluding carboxylic acids is 1. The van der Waals surface area contributed by atoms with Gasteiger partial charge < -0.3 is 28.8 Å². The summed E-state index contributed by atoms with van der Waals surface area (Å²) in [6.07, 6.45) is -0.706. The number of aromatic amines is 1. The molecule has 0 saturated carbocycles. The number of hydrogen-bond donors (Lipinski definition) is 1. The zero-order valence-corrected chi connectivity index (χ0v) is 42.1. The van der Waals surface area contributed by atoms with Gasteiger partial charge in [0.15, 0.2) is 21.5 Å². The number of sulfone groups is 1. The SMILES string of the molecule is COc1ccc(CN(Cc2ccc(OC)cc2)S(=O)(=O)c2c(S(=O)(=O)C3CN(C(=O)OC(C)(C)C)C3)ccc(-c3cccc4[nH]c(C(Cl)(Cl)Cl)nc34)c2-c2nnnn2Cc2ccc(OC)cc2)cc1. The van der Waals surface area contributed by atoms with Gasteiger partial charge in [-0.15, -0.1) is 5.10 Å². The number of alkyl halides is 3. The van der Waals surface area contributed by atoms with Crippen molar-refractivity contribution in [2.45, 2.75) is 64.8 Å². The number of amides is 1. The van der Waals surface area contributed by atoms with E-state index >= 15 is 16.8 Å². The van der Waals surface area contributed by atoms with Crippen molar-refractivity contribution in [3.63, 3.8) is 0 Å². The predicted octanol–water partition coefficient (Wildman–Crippen LogP) is 8.57. The highest BCUT2D eigenvalue weighted by atomic mass is 35.6. The van der Waals surface area contributed by atoms with Crippen LogP contribution in [0.5, 0.6) is 17.2 Å². The maximum absolute atomic E-state index is 16.3. The number of tetrazole rings is 1. The number of nitrogens with zero attached hydrogens (tertiary/aromatic N) is 7. The highest BCUT2D eigenvalue weighted by Gasteiger charge is 2.46. The molecule has 1 N–H and O–H groups in total. The Labute approximate surface area is 414 Å². The van der Waals surface area contributed by atoms with E-state index in [1.54, 1.807) is 119 Å². The number of fused-ring (bicyclic) bond motifs is 1. The fourth-order valence-corrected chi connectivity index (χ4v) is 12.1. The van der Waals surface area contributed by atoms with Crippen LogP contribution in [-0.4, -0.2) is 108 Å². The third-order valence-corrected chi connectivity index (χ3v) is 16.0. The van der Waals surface area contributed by atoms with E-state index in [4.69, 9.17) is 53.8 Å². The zero-order chi connectivity index (χ0) is 49.5. The molecule has 1 fully saturated rings. The molecule has 5 aromatic carbocycles. The van der Waals surface area contributed by atoms with Crippen LogP contribution in [0.15, 0.2) is 113 Å². The number of methoxy groups -OCH3 is 3. The summed E-state index contributed by atoms with van der Waals surface area (Å²) in [5, 5.41) is 11.6. The van der Waals surface area contributed by atoms with E-state index in [1.807, 2.05) is 0 Å². The Bertz CT molecular complexity index is 3180. The molecule has 0 radical (unpaired) electrons. The van der Waals surface area contributed by atoms with Gasteiger partial charge in [-0.25, -0.2) is 31.3 Å². The minimum atomic E-state index is -5.00. The van der Waals surface area contributed by atoms with Crippen molar-refractivity contribution in [2.75, 3.05) is 34.4 Å². The molecule has 1 amide bonds. The number of H-pyrrole nitrogens is 1. The number of aromatic nitrogens is 6. The molecular formula is C47H47Cl3N8O9S2. The summed E-state index contributed by atoms with van der Waals surface area (Å²) in [5.74, 6) is 1.57. The molecule has 8 rings (SSSR count). The molecule has 1 saturated heterocycles. The van der Waals surface area contributed by atoms with Crippen LogP contribution < -0.4 is 14.2 Å². The molecule has 17 nitrogen and oxygen atoms in total. The number of sulfonamides is 1. The van der Waals surface area contributed by atoms with Crippen LogP contribution in [0.3, 0.4) is 0 Å². The van der Waals surface area contributed by atoms with E-state index in [1.165, 1.54) is 40.2 Å². The topological polar surface area (TPSA) is 201 Å². The monoisotopic (exact) mass is 1040 g/mol. The molecule has 22 heteroatoms. The third-order valence-electron chi connectivity index (χ3n) is 11.3. The minimum absolute atomic E-state index is 0.0150. The van der Waals surface area contributed by atoms with Crippen LogP contribution in [-0.2, 0) is 48.0 Å². The molecule has 0 atom stereocenters. The molecule has 0 aliphatic carbocycles. The molecule has 0 bridgehead atoms. The first-order valence-electron chi connectivity index (χ1n) is 21.3. The first-order valence-corrected chi connectivity index (χ1v) is 25.4. The molecule has 69 heavy (non-hydrogen) atoms. The van der Waals surface area contributed by atoms with Crippen molar-refractivity contribution in [1.29, 1.82) is 0 Å². The molecule has 0 spiro atoms. The number of halogens is 3. The Hall–Kier alpha value is -5.96. The number of benzene rings is 5. The lowest BCUT2D eigenvalue weighted by atomic mass is 9.97. The first kappa shape index (κ1) is 49.5. The van der Waals surface area contributed by atoms with Gasteiger partial charge in [0.1, 0.15) is 33.0 Å². The number of para-hydroxylation sites is 1. The summed E-state index contributed by atoms with van der Waals surface area (Å²) < 4.78 is 85.6. The lowest BCUT2D eigenvalue weighted by Crippen LogP contribution is -2.57. The van der Waals surface area contributed by atoms with Crippen LogP contribution in [0.1, 0.15) is 43.3 Å². The van der Waals surface area contributed by atoms with Gasteiger partial charge in [0.2, 0.25) is 13.8 Å². The van der Waals surface area contributed by atoms with E-state index in [-0.39, 0.29) is 61.0 Å². The second kappa shape index (κ2) is 19.4. The minimum Gasteiger partial charge on any atom is -0.497 e. The van der Waals surface area contributed by atoms with Gasteiger partial charge in [0.25, 0.3) is 0 Å². The molecule has 362 valence electrons. The standard InChI is InChI=1S/C47H47Cl3N8O9S2/c1-46(2,3)67-45(59)56-27-35(28-56)68(60,61)39-23-22-36(37-8-7-9-38-41(37)52-44(51-38)47(48,49)50)40(43-53-54-55-58(43)26-31-14-20-34(66-6)21-15-31)42(39)69(62,63)57(24-29-10-16-32(64-4)17-11-29)25-30-12-18-33(65-5)19-13-30/h7-23,35H,24-28H2,1-6H3,(H,51,52). The second-order valence-electron chi connectivity index (χ2n) is 17.1. The number of ether oxygens (including phenoxy) is 4. The maximum atomic E-state index is 16.3. The Morgan fingerprint density at radius 3 is 1.83 bits per heavy atom. The van der Waals surface area contributed by atoms with Crippen molar-refractivity contribution in [1.82, 2.24) is 39.4 Å². The van der Waals surface area contributed by atoms with Crippen LogP contribution in [0, 0.1) is 0 Å². The van der Waals surface area contributed by atoms with Gasteiger partial charge in [-0.05, 0) is 102 Å². The van der Waals surface area contributed by atoms with Crippen LogP contribution in [0.4, 0.5) is 4.79 Å². The summed E-state index contributed by atoms with van der Waals surface area (Å²) in [7, 11) is -5.05. The van der Waals surface area contributed by atoms with Crippen molar-refractivity contribution in [2.24, 2.45) is 0 Å². The lowest BCUT2D eigenvalue weighted by Gasteiger charge is -2.39. The summed E-state index contributed by atoms with van der Waals surface area (Å²) in [6, 6.07) is 28.6. The lowest BCUT2D eigenvalue weighted by molar-refractivity contribution is 0.0139. The summed E-state index contributed by atoms with van der Waals surface area (Å²) >= 11 is 19.0. The number of rotatable bonds is 15. The maximum Gasteiger partial charge on any atom is 0.410 e. The van der Waals surface area contributed by atoms with E-state index in [0.717, 1.165) is 0 Å². The molecule has 3 heterocycles. The largest absolute Gasteiger partial charge is 0.497 e. The molecular weight excluding hydrogens is 991 g/mol. The Morgan fingerprint density at radius 1 is 0.754 bits per heavy atom. The quantitative estimate of drug-likeness (QED) is 0.0959. The summed E-state index contributed by atoms with van der Waals surface area (Å²) in [4.78, 5) is 20.9. The Balaban J connectivity index is 1.41. The fraction of sp³-hybridized carbons (Fsp3) is 0.298. The van der Waals surface area contributed by atoms with E-state index in [2.05, 4.69) is 25.5 Å². The van der Waals surface area contributed by atoms with Crippen molar-refractivity contribution < 1.29 is 40.6 Å². The van der Waals surface area contributed by atoms with Gasteiger partial charge in [0.05, 0.1) is 49.4 Å². The predicted molar refractivity (Wildman–Crippen MR) is 261 cm³/mol. The molecule has 2 aromatic heterocycles. The van der Waals surface area contributed by atoms with Crippen LogP contribution in [0.25, 0.3) is 33.5 Å². The van der Waals surface area contributed by atoms with Crippen LogP contribution in [0.2, 0.25) is 0 Å². The normalized spacial score (nSPS) is 13.7. The van der Waals surface area contributed by atoms with E-state index in [9.17, 15) is 4.79 Å². The van der Waals surface area contributed by atoms with Crippen molar-refractivity contribution in [3.8, 4) is 39.8 Å². The van der Waals surface area contributed by atoms with E-state index in [0.29, 0.717) is 45.0 Å². The van der Waals surface area contributed by atoms with Gasteiger partial charge in [-0.3, -0.25) is 0 Å². The molecule has 7 aromatic rings. The number of likely N-dealkylation sites (tertiary alicyclic amines) is 1. The van der Waals surface area contributed by atoms with Gasteiger partial charge in [-0.2, -0.15) is 4.31 Å². The fourth-order valence-electron chi connectivity index (χ4n) is 7.78. The molecule has 1 aliphatic heterocycles. The summed E-state index contributed by atoms with van der Waals surface area (Å²) in [6.45, 7) is 4.13. The highest BCUT2D eigenvalue weighted by Crippen LogP contribution is 2.46. The van der Waals surface area contributed by atoms with Gasteiger partial charge >= 0.3 is 6.09 Å². The number of imidazole rings is 1. The third kappa shape index (κ3) is 10.5. The zero-order valence-electron chi connectivity index (χ0n) is 38.2. The summed E-state index contributed by atoms with van der Waals surface area (Å²) in [5.41, 5.74) is 2.04. The van der Waals surface area contributed by atoms with E-state index < -0.39 is 50.4 Å². The Morgan fingerprint density at radius 2 is 1.30 bits per heavy atom. The van der Waals surface area contributed by atoms with Crippen LogP contribution >= 0.6 is 34.8 Å². The molecule has 1 aliphatic rings. The van der Waals surface area contributed by atoms with Gasteiger partial charge in [0, 0.05) is 31.7 Å². The average Bonchev–Trinajstić information content (AvgIpc) is 3.96. The first-order chi connectivity index (χ1) is 32.7.